The highest BCUT2D eigenvalue weighted by atomic mass is 79.9. The molecule has 3 nitrogen and oxygen atoms in total. The lowest BCUT2D eigenvalue weighted by Crippen LogP contribution is -2.09. The highest BCUT2D eigenvalue weighted by Gasteiger charge is 2.05. The number of carbonyl (C=O) groups is 1. The zero-order chi connectivity index (χ0) is 15.1. The third-order valence-electron chi connectivity index (χ3n) is 2.60. The van der Waals surface area contributed by atoms with Crippen LogP contribution in [0, 0.1) is 0 Å². The van der Waals surface area contributed by atoms with Crippen molar-refractivity contribution in [1.29, 1.82) is 0 Å². The summed E-state index contributed by atoms with van der Waals surface area (Å²) in [7, 11) is 0. The van der Waals surface area contributed by atoms with Crippen molar-refractivity contribution in [3.63, 3.8) is 0 Å². The van der Waals surface area contributed by atoms with E-state index in [1.807, 2.05) is 43.3 Å². The maximum Gasteiger partial charge on any atom is 0.248 e. The van der Waals surface area contributed by atoms with E-state index >= 15 is 0 Å². The van der Waals surface area contributed by atoms with Crippen LogP contribution in [0.1, 0.15) is 18.2 Å². The largest absolute Gasteiger partial charge is 0.491 e. The fourth-order valence-corrected chi connectivity index (χ4v) is 2.98. The molecule has 21 heavy (non-hydrogen) atoms. The van der Waals surface area contributed by atoms with Crippen molar-refractivity contribution in [2.75, 3.05) is 11.9 Å². The van der Waals surface area contributed by atoms with Gasteiger partial charge in [0.25, 0.3) is 0 Å². The Morgan fingerprint density at radius 1 is 1.33 bits per heavy atom. The van der Waals surface area contributed by atoms with Crippen molar-refractivity contribution in [2.45, 2.75) is 13.3 Å². The Balaban J connectivity index is 2.00. The topological polar surface area (TPSA) is 38.3 Å². The molecule has 0 aliphatic heterocycles. The lowest BCUT2D eigenvalue weighted by atomic mass is 10.3. The standard InChI is InChI=1S/C16H16BrNO2S/c1-2-11-20-14-6-4-3-5-13(14)18-16(19)10-8-12-7-9-15(17)21-12/h3-10H,2,11H2,1H3,(H,18,19)/b10-8+. The van der Waals surface area contributed by atoms with Gasteiger partial charge in [-0.2, -0.15) is 0 Å². The van der Waals surface area contributed by atoms with Crippen molar-refractivity contribution in [3.8, 4) is 5.75 Å². The van der Waals surface area contributed by atoms with Crippen LogP contribution >= 0.6 is 27.3 Å². The van der Waals surface area contributed by atoms with Crippen LogP contribution in [0.5, 0.6) is 5.75 Å². The summed E-state index contributed by atoms with van der Waals surface area (Å²) in [6.45, 7) is 2.68. The third-order valence-corrected chi connectivity index (χ3v) is 4.19. The summed E-state index contributed by atoms with van der Waals surface area (Å²) in [5.41, 5.74) is 0.688. The number of thiophene rings is 1. The van der Waals surface area contributed by atoms with Crippen LogP contribution in [-0.2, 0) is 4.79 Å². The third kappa shape index (κ3) is 5.02. The average molecular weight is 366 g/mol. The van der Waals surface area contributed by atoms with Gasteiger partial charge in [0.05, 0.1) is 16.1 Å². The lowest BCUT2D eigenvalue weighted by Gasteiger charge is -2.10. The number of carbonyl (C=O) groups excluding carboxylic acids is 1. The minimum Gasteiger partial charge on any atom is -0.491 e. The Bertz CT molecular complexity index is 637. The van der Waals surface area contributed by atoms with Crippen LogP contribution in [-0.4, -0.2) is 12.5 Å². The van der Waals surface area contributed by atoms with Crippen LogP contribution in [0.2, 0.25) is 0 Å². The molecule has 1 N–H and O–H groups in total. The van der Waals surface area contributed by atoms with Gasteiger partial charge in [-0.25, -0.2) is 0 Å². The molecule has 110 valence electrons. The van der Waals surface area contributed by atoms with Gasteiger partial charge in [0.1, 0.15) is 5.75 Å². The highest BCUT2D eigenvalue weighted by Crippen LogP contribution is 2.25. The Kier molecular flexibility index (Phi) is 6.02. The number of para-hydroxylation sites is 2. The van der Waals surface area contributed by atoms with Crippen LogP contribution in [0.15, 0.2) is 46.3 Å². The molecule has 1 aromatic carbocycles. The molecule has 0 radical (unpaired) electrons. The van der Waals surface area contributed by atoms with E-state index in [0.29, 0.717) is 18.0 Å². The first-order valence-corrected chi connectivity index (χ1v) is 8.26. The summed E-state index contributed by atoms with van der Waals surface area (Å²) in [6.07, 6.45) is 4.24. The van der Waals surface area contributed by atoms with Crippen LogP contribution in [0.4, 0.5) is 5.69 Å². The van der Waals surface area contributed by atoms with Gasteiger partial charge in [0.2, 0.25) is 5.91 Å². The molecule has 0 spiro atoms. The predicted molar refractivity (Wildman–Crippen MR) is 91.9 cm³/mol. The summed E-state index contributed by atoms with van der Waals surface area (Å²) in [5.74, 6) is 0.520. The molecule has 0 atom stereocenters. The number of anilines is 1. The Morgan fingerprint density at radius 2 is 2.14 bits per heavy atom. The van der Waals surface area contributed by atoms with E-state index in [9.17, 15) is 4.79 Å². The number of nitrogens with one attached hydrogen (secondary N) is 1. The number of halogens is 1. The zero-order valence-corrected chi connectivity index (χ0v) is 14.0. The first-order chi connectivity index (χ1) is 10.2. The summed E-state index contributed by atoms with van der Waals surface area (Å²) in [4.78, 5) is 13.0. The Hall–Kier alpha value is -1.59. The minimum absolute atomic E-state index is 0.174. The van der Waals surface area contributed by atoms with Gasteiger partial charge in [0, 0.05) is 11.0 Å². The SMILES string of the molecule is CCCOc1ccccc1NC(=O)/C=C/c1ccc(Br)s1. The number of benzene rings is 1. The van der Waals surface area contributed by atoms with E-state index in [2.05, 4.69) is 21.2 Å². The van der Waals surface area contributed by atoms with Crippen molar-refractivity contribution in [3.05, 3.63) is 51.1 Å². The maximum atomic E-state index is 12.0. The van der Waals surface area contributed by atoms with E-state index in [-0.39, 0.29) is 5.91 Å². The van der Waals surface area contributed by atoms with Crippen LogP contribution < -0.4 is 10.1 Å². The molecule has 0 bridgehead atoms. The summed E-state index contributed by atoms with van der Waals surface area (Å²) < 4.78 is 6.65. The summed E-state index contributed by atoms with van der Waals surface area (Å²) >= 11 is 4.97. The molecule has 2 aromatic rings. The van der Waals surface area contributed by atoms with Gasteiger partial charge in [-0.15, -0.1) is 11.3 Å². The quantitative estimate of drug-likeness (QED) is 0.735. The second kappa shape index (κ2) is 8.00. The number of hydrogen-bond acceptors (Lipinski definition) is 3. The molecular formula is C16H16BrNO2S. The molecule has 1 amide bonds. The lowest BCUT2D eigenvalue weighted by molar-refractivity contribution is -0.111. The van der Waals surface area contributed by atoms with Gasteiger partial charge in [0.15, 0.2) is 0 Å². The van der Waals surface area contributed by atoms with E-state index in [1.54, 1.807) is 17.4 Å². The normalized spacial score (nSPS) is 10.8. The number of ether oxygens (including phenoxy) is 1. The number of amides is 1. The van der Waals surface area contributed by atoms with Gasteiger partial charge in [-0.3, -0.25) is 4.79 Å². The molecule has 0 aliphatic rings. The zero-order valence-electron chi connectivity index (χ0n) is 11.6. The van der Waals surface area contributed by atoms with Gasteiger partial charge >= 0.3 is 0 Å². The predicted octanol–water partition coefficient (Wildman–Crippen LogP) is 4.95. The average Bonchev–Trinajstić information content (AvgIpc) is 2.90. The second-order valence-corrected chi connectivity index (χ2v) is 6.80. The van der Waals surface area contributed by atoms with E-state index < -0.39 is 0 Å². The molecule has 0 fully saturated rings. The molecule has 5 heteroatoms. The number of hydrogen-bond donors (Lipinski definition) is 1. The first-order valence-electron chi connectivity index (χ1n) is 6.65. The molecule has 0 saturated heterocycles. The molecule has 2 rings (SSSR count). The molecule has 1 heterocycles. The smallest absolute Gasteiger partial charge is 0.248 e. The monoisotopic (exact) mass is 365 g/mol. The fraction of sp³-hybridized carbons (Fsp3) is 0.188. The van der Waals surface area contributed by atoms with Crippen molar-refractivity contribution < 1.29 is 9.53 Å². The van der Waals surface area contributed by atoms with Crippen molar-refractivity contribution in [1.82, 2.24) is 0 Å². The highest BCUT2D eigenvalue weighted by molar-refractivity contribution is 9.11. The van der Waals surface area contributed by atoms with E-state index in [4.69, 9.17) is 4.74 Å². The van der Waals surface area contributed by atoms with Gasteiger partial charge in [-0.1, -0.05) is 19.1 Å². The molecular weight excluding hydrogens is 350 g/mol. The maximum absolute atomic E-state index is 12.0. The van der Waals surface area contributed by atoms with Gasteiger partial charge < -0.3 is 10.1 Å². The Morgan fingerprint density at radius 3 is 2.86 bits per heavy atom. The molecule has 1 aromatic heterocycles. The Labute approximate surface area is 136 Å². The summed E-state index contributed by atoms with van der Waals surface area (Å²) in [5, 5.41) is 2.84. The fourth-order valence-electron chi connectivity index (χ4n) is 1.66. The van der Waals surface area contributed by atoms with Crippen molar-refractivity contribution >= 4 is 44.9 Å². The van der Waals surface area contributed by atoms with Crippen molar-refractivity contribution in [2.24, 2.45) is 0 Å². The first kappa shape index (κ1) is 15.8. The molecule has 0 unspecified atom stereocenters. The minimum atomic E-state index is -0.174. The number of rotatable bonds is 6. The van der Waals surface area contributed by atoms with Crippen LogP contribution in [0.25, 0.3) is 6.08 Å². The summed E-state index contributed by atoms with van der Waals surface area (Å²) in [6, 6.07) is 11.4. The van der Waals surface area contributed by atoms with Crippen LogP contribution in [0.3, 0.4) is 0 Å². The molecule has 0 aliphatic carbocycles. The molecule has 0 saturated carbocycles. The van der Waals surface area contributed by atoms with E-state index in [0.717, 1.165) is 15.1 Å². The van der Waals surface area contributed by atoms with E-state index in [1.165, 1.54) is 6.08 Å². The van der Waals surface area contributed by atoms with Gasteiger partial charge in [-0.05, 0) is 52.7 Å². The second-order valence-electron chi connectivity index (χ2n) is 4.31.